The van der Waals surface area contributed by atoms with E-state index in [9.17, 15) is 24.8 Å². The number of amides is 1. The fourth-order valence-corrected chi connectivity index (χ4v) is 3.89. The van der Waals surface area contributed by atoms with Crippen molar-refractivity contribution in [2.45, 2.75) is 13.0 Å². The standard InChI is InChI=1S/C22H16ClN3O7/c1-11-8-17(24-33-11)25-19(12-4-3-5-14(9-12)26(30)31)18(21(28)22(25)29)20(27)13-6-7-16(32-2)15(23)10-13/h3-10,19,27H,1-2H3/t19-/m1/s1. The summed E-state index contributed by atoms with van der Waals surface area (Å²) in [6.07, 6.45) is 0. The fourth-order valence-electron chi connectivity index (χ4n) is 3.63. The average molecular weight is 470 g/mol. The Labute approximate surface area is 191 Å². The van der Waals surface area contributed by atoms with Crippen LogP contribution in [-0.4, -0.2) is 34.0 Å². The van der Waals surface area contributed by atoms with Gasteiger partial charge in [0, 0.05) is 23.8 Å². The van der Waals surface area contributed by atoms with Gasteiger partial charge in [0.05, 0.1) is 28.7 Å². The molecule has 1 aliphatic rings. The van der Waals surface area contributed by atoms with Crippen LogP contribution in [0.3, 0.4) is 0 Å². The summed E-state index contributed by atoms with van der Waals surface area (Å²) in [6.45, 7) is 1.61. The maximum absolute atomic E-state index is 13.1. The number of benzene rings is 2. The van der Waals surface area contributed by atoms with Crippen molar-refractivity contribution < 1.29 is 28.9 Å². The van der Waals surface area contributed by atoms with Crippen LogP contribution in [0.5, 0.6) is 5.75 Å². The van der Waals surface area contributed by atoms with E-state index < -0.39 is 28.4 Å². The maximum Gasteiger partial charge on any atom is 0.301 e. The number of non-ortho nitro benzene ring substituents is 1. The number of ether oxygens (including phenoxy) is 1. The minimum atomic E-state index is -1.20. The number of methoxy groups -OCH3 is 1. The van der Waals surface area contributed by atoms with E-state index in [4.69, 9.17) is 20.9 Å². The van der Waals surface area contributed by atoms with E-state index in [-0.39, 0.29) is 33.2 Å². The molecule has 0 aliphatic carbocycles. The molecule has 1 fully saturated rings. The Bertz CT molecular complexity index is 1330. The van der Waals surface area contributed by atoms with Crippen molar-refractivity contribution in [1.82, 2.24) is 5.16 Å². The molecule has 2 aromatic carbocycles. The number of carbonyl (C=O) groups is 2. The van der Waals surface area contributed by atoms with E-state index >= 15 is 0 Å². The molecule has 0 unspecified atom stereocenters. The van der Waals surface area contributed by atoms with E-state index in [0.717, 1.165) is 4.90 Å². The molecule has 33 heavy (non-hydrogen) atoms. The van der Waals surface area contributed by atoms with Gasteiger partial charge in [-0.25, -0.2) is 0 Å². The van der Waals surface area contributed by atoms with Gasteiger partial charge in [0.2, 0.25) is 0 Å². The first-order valence-corrected chi connectivity index (χ1v) is 9.93. The number of ketones is 1. The number of nitrogens with zero attached hydrogens (tertiary/aromatic N) is 3. The number of hydrogen-bond donors (Lipinski definition) is 1. The summed E-state index contributed by atoms with van der Waals surface area (Å²) in [7, 11) is 1.43. The van der Waals surface area contributed by atoms with Gasteiger partial charge >= 0.3 is 5.91 Å². The molecule has 1 aliphatic heterocycles. The second-order valence-corrected chi connectivity index (χ2v) is 7.57. The molecule has 1 atom stereocenters. The summed E-state index contributed by atoms with van der Waals surface area (Å²) in [5.74, 6) is -1.71. The van der Waals surface area contributed by atoms with E-state index in [1.807, 2.05) is 0 Å². The number of aliphatic hydroxyl groups excluding tert-OH is 1. The summed E-state index contributed by atoms with van der Waals surface area (Å²) in [6, 6.07) is 10.0. The van der Waals surface area contributed by atoms with Crippen molar-refractivity contribution in [3.63, 3.8) is 0 Å². The van der Waals surface area contributed by atoms with Crippen molar-refractivity contribution in [1.29, 1.82) is 0 Å². The number of aryl methyl sites for hydroxylation is 1. The highest BCUT2D eigenvalue weighted by Gasteiger charge is 2.48. The number of anilines is 1. The van der Waals surface area contributed by atoms with Crippen LogP contribution in [0.25, 0.3) is 5.76 Å². The number of aliphatic hydroxyl groups is 1. The molecule has 0 bridgehead atoms. The van der Waals surface area contributed by atoms with Crippen LogP contribution in [0.2, 0.25) is 5.02 Å². The molecule has 1 amide bonds. The van der Waals surface area contributed by atoms with Crippen molar-refractivity contribution in [2.24, 2.45) is 0 Å². The molecule has 10 nitrogen and oxygen atoms in total. The highest BCUT2D eigenvalue weighted by atomic mass is 35.5. The number of nitro groups is 1. The van der Waals surface area contributed by atoms with Gasteiger partial charge in [-0.1, -0.05) is 28.9 Å². The van der Waals surface area contributed by atoms with Gasteiger partial charge in [0.1, 0.15) is 17.3 Å². The highest BCUT2D eigenvalue weighted by molar-refractivity contribution is 6.51. The first-order chi connectivity index (χ1) is 15.7. The van der Waals surface area contributed by atoms with Crippen LogP contribution in [0, 0.1) is 17.0 Å². The molecule has 0 saturated carbocycles. The number of Topliss-reactive ketones (excluding diaryl/α,β-unsaturated/α-hetero) is 1. The van der Waals surface area contributed by atoms with Gasteiger partial charge in [-0.2, -0.15) is 0 Å². The summed E-state index contributed by atoms with van der Waals surface area (Å²) in [5.41, 5.74) is -0.139. The fraction of sp³-hybridized carbons (Fsp3) is 0.136. The minimum absolute atomic E-state index is 0.0259. The molecule has 4 rings (SSSR count). The zero-order chi connectivity index (χ0) is 23.9. The van der Waals surface area contributed by atoms with Crippen LogP contribution in [0.4, 0.5) is 11.5 Å². The number of rotatable bonds is 5. The summed E-state index contributed by atoms with van der Waals surface area (Å²) in [4.78, 5) is 37.8. The van der Waals surface area contributed by atoms with Gasteiger partial charge < -0.3 is 14.4 Å². The zero-order valence-electron chi connectivity index (χ0n) is 17.3. The molecule has 3 aromatic rings. The first kappa shape index (κ1) is 22.0. The molecule has 11 heteroatoms. The van der Waals surface area contributed by atoms with E-state index in [1.165, 1.54) is 55.6 Å². The van der Waals surface area contributed by atoms with Crippen molar-refractivity contribution >= 4 is 40.6 Å². The highest BCUT2D eigenvalue weighted by Crippen LogP contribution is 2.43. The Morgan fingerprint density at radius 3 is 2.61 bits per heavy atom. The number of hydrogen-bond acceptors (Lipinski definition) is 8. The van der Waals surface area contributed by atoms with Crippen LogP contribution >= 0.6 is 11.6 Å². The Morgan fingerprint density at radius 1 is 1.24 bits per heavy atom. The van der Waals surface area contributed by atoms with Crippen LogP contribution in [0.1, 0.15) is 22.9 Å². The Kier molecular flexibility index (Phi) is 5.60. The third kappa shape index (κ3) is 3.80. The molecule has 0 spiro atoms. The lowest BCUT2D eigenvalue weighted by Gasteiger charge is -2.22. The summed E-state index contributed by atoms with van der Waals surface area (Å²) < 4.78 is 10.2. The Balaban J connectivity index is 1.96. The normalized spacial score (nSPS) is 17.4. The zero-order valence-corrected chi connectivity index (χ0v) is 18.1. The lowest BCUT2D eigenvalue weighted by Crippen LogP contribution is -2.29. The van der Waals surface area contributed by atoms with Crippen LogP contribution < -0.4 is 9.64 Å². The SMILES string of the molecule is COc1ccc(C(O)=C2C(=O)C(=O)N(c3cc(C)on3)[C@@H]2c2cccc([N+](=O)[O-])c2)cc1Cl. The second kappa shape index (κ2) is 8.40. The average Bonchev–Trinajstić information content (AvgIpc) is 3.34. The quantitative estimate of drug-likeness (QED) is 0.193. The second-order valence-electron chi connectivity index (χ2n) is 7.17. The largest absolute Gasteiger partial charge is 0.507 e. The van der Waals surface area contributed by atoms with E-state index in [2.05, 4.69) is 5.16 Å². The topological polar surface area (TPSA) is 136 Å². The number of aromatic nitrogens is 1. The predicted octanol–water partition coefficient (Wildman–Crippen LogP) is 4.18. The lowest BCUT2D eigenvalue weighted by molar-refractivity contribution is -0.384. The van der Waals surface area contributed by atoms with Gasteiger partial charge in [-0.05, 0) is 30.7 Å². The Morgan fingerprint density at radius 2 is 2.00 bits per heavy atom. The minimum Gasteiger partial charge on any atom is -0.507 e. The number of halogens is 1. The van der Waals surface area contributed by atoms with Gasteiger partial charge in [0.15, 0.2) is 5.82 Å². The molecule has 1 aromatic heterocycles. The first-order valence-electron chi connectivity index (χ1n) is 9.55. The van der Waals surface area contributed by atoms with Gasteiger partial charge in [-0.3, -0.25) is 24.6 Å². The van der Waals surface area contributed by atoms with E-state index in [0.29, 0.717) is 11.5 Å². The predicted molar refractivity (Wildman–Crippen MR) is 117 cm³/mol. The lowest BCUT2D eigenvalue weighted by atomic mass is 9.95. The summed E-state index contributed by atoms with van der Waals surface area (Å²) in [5, 5.41) is 26.4. The number of nitro benzene ring substituents is 1. The van der Waals surface area contributed by atoms with Gasteiger partial charge in [0.25, 0.3) is 11.5 Å². The Hall–Kier alpha value is -4.18. The summed E-state index contributed by atoms with van der Waals surface area (Å²) >= 11 is 6.16. The molecule has 1 saturated heterocycles. The van der Waals surface area contributed by atoms with E-state index in [1.54, 1.807) is 6.92 Å². The molecular formula is C22H16ClN3O7. The third-order valence-electron chi connectivity index (χ3n) is 5.13. The van der Waals surface area contributed by atoms with Gasteiger partial charge in [-0.15, -0.1) is 0 Å². The molecule has 168 valence electrons. The molecule has 2 heterocycles. The molecule has 0 radical (unpaired) electrons. The third-order valence-corrected chi connectivity index (χ3v) is 5.42. The molecular weight excluding hydrogens is 454 g/mol. The number of carbonyl (C=O) groups excluding carboxylic acids is 2. The molecule has 1 N–H and O–H groups in total. The smallest absolute Gasteiger partial charge is 0.301 e. The van der Waals surface area contributed by atoms with Crippen molar-refractivity contribution in [2.75, 3.05) is 12.0 Å². The monoisotopic (exact) mass is 469 g/mol. The van der Waals surface area contributed by atoms with Crippen molar-refractivity contribution in [3.05, 3.63) is 86.1 Å². The van der Waals surface area contributed by atoms with Crippen LogP contribution in [0.15, 0.2) is 58.6 Å². The maximum atomic E-state index is 13.1. The van der Waals surface area contributed by atoms with Crippen LogP contribution in [-0.2, 0) is 9.59 Å². The van der Waals surface area contributed by atoms with Crippen molar-refractivity contribution in [3.8, 4) is 5.75 Å².